The number of carbonyl (C=O) groups is 1. The molecular weight excluding hydrogens is 439 g/mol. The molecule has 0 spiro atoms. The molecule has 4 nitrogen and oxygen atoms in total. The summed E-state index contributed by atoms with van der Waals surface area (Å²) in [6, 6.07) is 13.8. The summed E-state index contributed by atoms with van der Waals surface area (Å²) in [5, 5.41) is 3.85. The van der Waals surface area contributed by atoms with Gasteiger partial charge in [-0.05, 0) is 70.5 Å². The average Bonchev–Trinajstić information content (AvgIpc) is 3.06. The van der Waals surface area contributed by atoms with Crippen LogP contribution in [-0.2, 0) is 4.79 Å². The number of carbonyl (C=O) groups excluding carboxylic acids is 1. The Morgan fingerprint density at radius 2 is 1.92 bits per heavy atom. The van der Waals surface area contributed by atoms with Crippen molar-refractivity contribution in [1.82, 2.24) is 0 Å². The van der Waals surface area contributed by atoms with Gasteiger partial charge < -0.3 is 15.5 Å². The Bertz CT molecular complexity index is 999. The number of rotatable bonds is 4. The van der Waals surface area contributed by atoms with Crippen molar-refractivity contribution in [3.8, 4) is 11.3 Å². The second-order valence-corrected chi connectivity index (χ2v) is 7.09. The first-order valence-corrected chi connectivity index (χ1v) is 9.06. The second kappa shape index (κ2) is 7.99. The molecular formula is C19H13BrCl2N2O2. The van der Waals surface area contributed by atoms with Crippen LogP contribution in [-0.4, -0.2) is 5.91 Å². The van der Waals surface area contributed by atoms with Gasteiger partial charge >= 0.3 is 0 Å². The maximum absolute atomic E-state index is 12.1. The van der Waals surface area contributed by atoms with Crippen LogP contribution < -0.4 is 11.1 Å². The summed E-state index contributed by atoms with van der Waals surface area (Å²) in [4.78, 5) is 12.1. The Balaban J connectivity index is 1.72. The number of furan rings is 1. The van der Waals surface area contributed by atoms with E-state index in [1.807, 2.05) is 0 Å². The number of halogens is 3. The Hall–Kier alpha value is -2.21. The van der Waals surface area contributed by atoms with Crippen LogP contribution in [0.15, 0.2) is 63.5 Å². The number of benzene rings is 2. The van der Waals surface area contributed by atoms with Gasteiger partial charge in [-0.25, -0.2) is 0 Å². The Morgan fingerprint density at radius 3 is 2.69 bits per heavy atom. The molecule has 1 amide bonds. The zero-order valence-electron chi connectivity index (χ0n) is 13.3. The summed E-state index contributed by atoms with van der Waals surface area (Å²) >= 11 is 15.5. The summed E-state index contributed by atoms with van der Waals surface area (Å²) < 4.78 is 6.41. The number of nitrogen functional groups attached to an aromatic ring is 1. The molecule has 0 aliphatic heterocycles. The number of hydrogen-bond donors (Lipinski definition) is 2. The molecule has 132 valence electrons. The molecule has 0 aliphatic rings. The lowest BCUT2D eigenvalue weighted by molar-refractivity contribution is -0.111. The molecule has 26 heavy (non-hydrogen) atoms. The lowest BCUT2D eigenvalue weighted by atomic mass is 10.2. The van der Waals surface area contributed by atoms with Crippen LogP contribution in [0.1, 0.15) is 5.76 Å². The topological polar surface area (TPSA) is 68.3 Å². The smallest absolute Gasteiger partial charge is 0.248 e. The van der Waals surface area contributed by atoms with E-state index in [9.17, 15) is 4.79 Å². The summed E-state index contributed by atoms with van der Waals surface area (Å²) in [6.45, 7) is 0. The number of anilines is 2. The van der Waals surface area contributed by atoms with E-state index >= 15 is 0 Å². The van der Waals surface area contributed by atoms with Crippen LogP contribution in [0.2, 0.25) is 10.0 Å². The monoisotopic (exact) mass is 450 g/mol. The zero-order valence-corrected chi connectivity index (χ0v) is 16.4. The summed E-state index contributed by atoms with van der Waals surface area (Å²) in [6.07, 6.45) is 2.95. The molecule has 2 aromatic carbocycles. The molecule has 3 N–H and O–H groups in total. The number of amides is 1. The molecule has 0 fully saturated rings. The number of hydrogen-bond acceptors (Lipinski definition) is 3. The summed E-state index contributed by atoms with van der Waals surface area (Å²) in [7, 11) is 0. The number of nitrogens with one attached hydrogen (secondary N) is 1. The van der Waals surface area contributed by atoms with E-state index in [1.165, 1.54) is 6.08 Å². The van der Waals surface area contributed by atoms with E-state index in [4.69, 9.17) is 33.4 Å². The van der Waals surface area contributed by atoms with Crippen molar-refractivity contribution in [1.29, 1.82) is 0 Å². The maximum Gasteiger partial charge on any atom is 0.248 e. The Labute approximate surface area is 168 Å². The lowest BCUT2D eigenvalue weighted by Crippen LogP contribution is -2.08. The van der Waals surface area contributed by atoms with Crippen LogP contribution in [0.4, 0.5) is 11.4 Å². The third kappa shape index (κ3) is 4.49. The lowest BCUT2D eigenvalue weighted by Gasteiger charge is -2.05. The predicted octanol–water partition coefficient (Wildman–Crippen LogP) is 6.25. The highest BCUT2D eigenvalue weighted by Crippen LogP contribution is 2.32. The zero-order chi connectivity index (χ0) is 18.7. The summed E-state index contributed by atoms with van der Waals surface area (Å²) in [5.74, 6) is 0.788. The molecule has 0 radical (unpaired) electrons. The van der Waals surface area contributed by atoms with Crippen molar-refractivity contribution in [2.24, 2.45) is 0 Å². The van der Waals surface area contributed by atoms with E-state index in [0.29, 0.717) is 43.0 Å². The minimum absolute atomic E-state index is 0.297. The quantitative estimate of drug-likeness (QED) is 0.363. The molecule has 0 atom stereocenters. The summed E-state index contributed by atoms with van der Waals surface area (Å²) in [5.41, 5.74) is 7.59. The van der Waals surface area contributed by atoms with Gasteiger partial charge in [-0.2, -0.15) is 0 Å². The number of nitrogens with two attached hydrogens (primary N) is 1. The predicted molar refractivity (Wildman–Crippen MR) is 110 cm³/mol. The van der Waals surface area contributed by atoms with E-state index in [-0.39, 0.29) is 5.91 Å². The molecule has 3 rings (SSSR count). The molecule has 0 aliphatic carbocycles. The molecule has 0 saturated carbocycles. The fraction of sp³-hybridized carbons (Fsp3) is 0. The molecule has 0 saturated heterocycles. The van der Waals surface area contributed by atoms with Gasteiger partial charge in [0.25, 0.3) is 0 Å². The maximum atomic E-state index is 12.1. The molecule has 3 aromatic rings. The normalized spacial score (nSPS) is 11.0. The van der Waals surface area contributed by atoms with E-state index in [0.717, 1.165) is 0 Å². The molecule has 0 bridgehead atoms. The first-order chi connectivity index (χ1) is 12.4. The van der Waals surface area contributed by atoms with Crippen LogP contribution >= 0.6 is 39.1 Å². The minimum Gasteiger partial charge on any atom is -0.457 e. The van der Waals surface area contributed by atoms with Gasteiger partial charge in [0.15, 0.2) is 0 Å². The van der Waals surface area contributed by atoms with Gasteiger partial charge in [0.1, 0.15) is 11.5 Å². The Morgan fingerprint density at radius 1 is 1.12 bits per heavy atom. The highest BCUT2D eigenvalue weighted by molar-refractivity contribution is 9.10. The van der Waals surface area contributed by atoms with Crippen molar-refractivity contribution in [3.63, 3.8) is 0 Å². The third-order valence-electron chi connectivity index (χ3n) is 3.47. The highest BCUT2D eigenvalue weighted by atomic mass is 79.9. The minimum atomic E-state index is -0.297. The van der Waals surface area contributed by atoms with Crippen LogP contribution in [0.3, 0.4) is 0 Å². The average molecular weight is 452 g/mol. The fourth-order valence-electron chi connectivity index (χ4n) is 2.24. The highest BCUT2D eigenvalue weighted by Gasteiger charge is 2.09. The van der Waals surface area contributed by atoms with Crippen molar-refractivity contribution in [2.75, 3.05) is 11.1 Å². The van der Waals surface area contributed by atoms with Crippen molar-refractivity contribution in [3.05, 3.63) is 74.9 Å². The fourth-order valence-corrected chi connectivity index (χ4v) is 3.12. The van der Waals surface area contributed by atoms with E-state index in [2.05, 4.69) is 21.2 Å². The van der Waals surface area contributed by atoms with Gasteiger partial charge in [0.05, 0.1) is 10.7 Å². The van der Waals surface area contributed by atoms with Crippen molar-refractivity contribution < 1.29 is 9.21 Å². The molecule has 0 unspecified atom stereocenters. The second-order valence-electron chi connectivity index (χ2n) is 5.39. The first-order valence-electron chi connectivity index (χ1n) is 7.52. The van der Waals surface area contributed by atoms with Gasteiger partial charge in [-0.15, -0.1) is 0 Å². The van der Waals surface area contributed by atoms with Gasteiger partial charge in [0.2, 0.25) is 5.91 Å². The Kier molecular flexibility index (Phi) is 5.71. The van der Waals surface area contributed by atoms with E-state index < -0.39 is 0 Å². The van der Waals surface area contributed by atoms with Crippen molar-refractivity contribution >= 4 is 62.5 Å². The molecule has 1 aromatic heterocycles. The standard InChI is InChI=1S/C19H13BrCl2N2O2/c20-15-10-12(23)2-6-17(15)24-19(25)8-4-13-3-7-18(26-13)14-9-11(21)1-5-16(14)22/h1-10H,23H2,(H,24,25)/b8-4+. The van der Waals surface area contributed by atoms with Gasteiger partial charge in [0, 0.05) is 26.8 Å². The van der Waals surface area contributed by atoms with Crippen LogP contribution in [0.25, 0.3) is 17.4 Å². The molecule has 1 heterocycles. The van der Waals surface area contributed by atoms with Gasteiger partial charge in [-0.1, -0.05) is 23.2 Å². The molecule has 7 heteroatoms. The van der Waals surface area contributed by atoms with Crippen LogP contribution in [0, 0.1) is 0 Å². The van der Waals surface area contributed by atoms with E-state index in [1.54, 1.807) is 54.6 Å². The van der Waals surface area contributed by atoms with Crippen LogP contribution in [0.5, 0.6) is 0 Å². The first kappa shape index (κ1) is 18.6. The SMILES string of the molecule is Nc1ccc(NC(=O)/C=C/c2ccc(-c3cc(Cl)ccc3Cl)o2)c(Br)c1. The van der Waals surface area contributed by atoms with Crippen molar-refractivity contribution in [2.45, 2.75) is 0 Å². The largest absolute Gasteiger partial charge is 0.457 e. The van der Waals surface area contributed by atoms with Gasteiger partial charge in [-0.3, -0.25) is 4.79 Å². The third-order valence-corrected chi connectivity index (χ3v) is 4.69.